The summed E-state index contributed by atoms with van der Waals surface area (Å²) in [7, 11) is 4.57. The van der Waals surface area contributed by atoms with Crippen molar-refractivity contribution in [2.75, 3.05) is 21.3 Å². The lowest BCUT2D eigenvalue weighted by molar-refractivity contribution is 0.104. The summed E-state index contributed by atoms with van der Waals surface area (Å²) in [6, 6.07) is 3.28. The van der Waals surface area contributed by atoms with Gasteiger partial charge in [-0.25, -0.2) is 4.98 Å². The Kier molecular flexibility index (Phi) is 4.99. The van der Waals surface area contributed by atoms with Crippen LogP contribution in [-0.2, 0) is 0 Å². The van der Waals surface area contributed by atoms with Crippen LogP contribution in [0.25, 0.3) is 11.0 Å². The van der Waals surface area contributed by atoms with Crippen LogP contribution in [0.5, 0.6) is 17.2 Å². The van der Waals surface area contributed by atoms with Gasteiger partial charge in [0.1, 0.15) is 0 Å². The third-order valence-electron chi connectivity index (χ3n) is 4.00. The van der Waals surface area contributed by atoms with Crippen molar-refractivity contribution in [2.45, 2.75) is 13.8 Å². The number of thiazole rings is 1. The number of fused-ring (bicyclic) bond motifs is 1. The van der Waals surface area contributed by atoms with Gasteiger partial charge in [-0.1, -0.05) is 0 Å². The lowest BCUT2D eigenvalue weighted by Gasteiger charge is -2.13. The molecule has 1 aromatic carbocycles. The van der Waals surface area contributed by atoms with E-state index in [1.807, 2.05) is 24.4 Å². The summed E-state index contributed by atoms with van der Waals surface area (Å²) < 4.78 is 17.9. The van der Waals surface area contributed by atoms with E-state index in [1.54, 1.807) is 29.5 Å². The van der Waals surface area contributed by atoms with Crippen LogP contribution in [0.3, 0.4) is 0 Å². The number of carbonyl (C=O) groups is 1. The quantitative estimate of drug-likeness (QED) is 0.485. The van der Waals surface area contributed by atoms with Crippen molar-refractivity contribution in [3.05, 3.63) is 46.2 Å². The number of methoxy groups -OCH3 is 3. The number of ether oxygens (including phenoxy) is 3. The number of benzene rings is 1. The standard InChI is InChI=1S/C19H20N2O4S/c1-11-10-21-14(12(2)20-19(21)26-11)6-7-15(22)13-8-16(23-3)18(25-5)17(9-13)24-4/h6-10H,1-5H3. The zero-order valence-corrected chi connectivity index (χ0v) is 16.1. The highest BCUT2D eigenvalue weighted by Gasteiger charge is 2.16. The number of carbonyl (C=O) groups excluding carboxylic acids is 1. The number of imidazole rings is 1. The molecule has 0 N–H and O–H groups in total. The molecule has 0 bridgehead atoms. The Balaban J connectivity index is 1.96. The molecule has 6 nitrogen and oxygen atoms in total. The second kappa shape index (κ2) is 7.21. The molecule has 0 fully saturated rings. The lowest BCUT2D eigenvalue weighted by atomic mass is 10.1. The lowest BCUT2D eigenvalue weighted by Crippen LogP contribution is -2.00. The van der Waals surface area contributed by atoms with E-state index in [9.17, 15) is 4.79 Å². The van der Waals surface area contributed by atoms with Gasteiger partial charge in [-0.05, 0) is 38.1 Å². The molecular formula is C19H20N2O4S. The number of rotatable bonds is 6. The number of aryl methyl sites for hydroxylation is 2. The maximum absolute atomic E-state index is 12.7. The van der Waals surface area contributed by atoms with Crippen LogP contribution in [0.15, 0.2) is 24.4 Å². The number of aromatic nitrogens is 2. The molecule has 0 atom stereocenters. The predicted molar refractivity (Wildman–Crippen MR) is 102 cm³/mol. The monoisotopic (exact) mass is 372 g/mol. The number of nitrogens with zero attached hydrogens (tertiary/aromatic N) is 2. The Bertz CT molecular complexity index is 976. The number of ketones is 1. The summed E-state index contributed by atoms with van der Waals surface area (Å²) >= 11 is 1.62. The first kappa shape index (κ1) is 18.0. The highest BCUT2D eigenvalue weighted by molar-refractivity contribution is 7.17. The minimum atomic E-state index is -0.162. The van der Waals surface area contributed by atoms with Crippen LogP contribution < -0.4 is 14.2 Å². The molecule has 3 rings (SSSR count). The second-order valence-electron chi connectivity index (χ2n) is 5.69. The van der Waals surface area contributed by atoms with E-state index in [4.69, 9.17) is 14.2 Å². The van der Waals surface area contributed by atoms with Crippen LogP contribution in [0.1, 0.15) is 26.6 Å². The average molecular weight is 372 g/mol. The van der Waals surface area contributed by atoms with E-state index in [0.717, 1.165) is 21.2 Å². The molecule has 0 aliphatic rings. The van der Waals surface area contributed by atoms with Crippen LogP contribution in [0, 0.1) is 13.8 Å². The third-order valence-corrected chi connectivity index (χ3v) is 4.90. The molecule has 0 aliphatic heterocycles. The minimum Gasteiger partial charge on any atom is -0.493 e. The normalized spacial score (nSPS) is 11.3. The first-order valence-electron chi connectivity index (χ1n) is 7.96. The van der Waals surface area contributed by atoms with Crippen molar-refractivity contribution in [3.63, 3.8) is 0 Å². The molecule has 0 saturated heterocycles. The van der Waals surface area contributed by atoms with Gasteiger partial charge in [-0.3, -0.25) is 9.20 Å². The molecule has 0 unspecified atom stereocenters. The molecule has 0 amide bonds. The van der Waals surface area contributed by atoms with Gasteiger partial charge in [0.2, 0.25) is 5.75 Å². The maximum Gasteiger partial charge on any atom is 0.203 e. The minimum absolute atomic E-state index is 0.162. The summed E-state index contributed by atoms with van der Waals surface area (Å²) in [5.74, 6) is 1.18. The van der Waals surface area contributed by atoms with Gasteiger partial charge in [-0.2, -0.15) is 0 Å². The van der Waals surface area contributed by atoms with Crippen molar-refractivity contribution in [3.8, 4) is 17.2 Å². The van der Waals surface area contributed by atoms with Crippen LogP contribution in [0.4, 0.5) is 0 Å². The molecule has 136 valence electrons. The Hall–Kier alpha value is -2.80. The van der Waals surface area contributed by atoms with Crippen LogP contribution in [0.2, 0.25) is 0 Å². The van der Waals surface area contributed by atoms with E-state index >= 15 is 0 Å². The van der Waals surface area contributed by atoms with Crippen molar-refractivity contribution in [1.82, 2.24) is 9.38 Å². The molecule has 0 saturated carbocycles. The Labute approximate surface area is 155 Å². The number of hydrogen-bond acceptors (Lipinski definition) is 6. The summed E-state index contributed by atoms with van der Waals surface area (Å²) in [5, 5.41) is 0. The van der Waals surface area contributed by atoms with Gasteiger partial charge in [0, 0.05) is 16.6 Å². The average Bonchev–Trinajstić information content (AvgIpc) is 3.12. The SMILES string of the molecule is COc1cc(C(=O)C=Cc2c(C)nc3sc(C)cn23)cc(OC)c1OC. The van der Waals surface area contributed by atoms with Crippen molar-refractivity contribution in [1.29, 1.82) is 0 Å². The van der Waals surface area contributed by atoms with E-state index in [1.165, 1.54) is 27.4 Å². The molecule has 0 radical (unpaired) electrons. The molecule has 3 aromatic rings. The first-order valence-corrected chi connectivity index (χ1v) is 8.77. The second-order valence-corrected chi connectivity index (χ2v) is 6.90. The molecule has 7 heteroatoms. The Morgan fingerprint density at radius 2 is 1.77 bits per heavy atom. The van der Waals surface area contributed by atoms with Crippen molar-refractivity contribution < 1.29 is 19.0 Å². The molecular weight excluding hydrogens is 352 g/mol. The van der Waals surface area contributed by atoms with Crippen molar-refractivity contribution >= 4 is 28.2 Å². The van der Waals surface area contributed by atoms with Gasteiger partial charge in [-0.15, -0.1) is 11.3 Å². The summed E-state index contributed by atoms with van der Waals surface area (Å²) in [6.45, 7) is 3.96. The van der Waals surface area contributed by atoms with E-state index in [0.29, 0.717) is 22.8 Å². The van der Waals surface area contributed by atoms with Crippen LogP contribution >= 0.6 is 11.3 Å². The van der Waals surface area contributed by atoms with Gasteiger partial charge in [0.25, 0.3) is 0 Å². The molecule has 0 spiro atoms. The Morgan fingerprint density at radius 3 is 2.35 bits per heavy atom. The van der Waals surface area contributed by atoms with Gasteiger partial charge < -0.3 is 14.2 Å². The molecule has 2 aromatic heterocycles. The fourth-order valence-corrected chi connectivity index (χ4v) is 3.63. The van der Waals surface area contributed by atoms with Gasteiger partial charge >= 0.3 is 0 Å². The fraction of sp³-hybridized carbons (Fsp3) is 0.263. The summed E-state index contributed by atoms with van der Waals surface area (Å²) in [4.78, 5) is 19.3. The van der Waals surface area contributed by atoms with E-state index in [2.05, 4.69) is 4.98 Å². The Morgan fingerprint density at radius 1 is 1.12 bits per heavy atom. The highest BCUT2D eigenvalue weighted by Crippen LogP contribution is 2.38. The van der Waals surface area contributed by atoms with Gasteiger partial charge in [0.15, 0.2) is 22.2 Å². The summed E-state index contributed by atoms with van der Waals surface area (Å²) in [6.07, 6.45) is 5.33. The number of allylic oxidation sites excluding steroid dienone is 1. The smallest absolute Gasteiger partial charge is 0.203 e. The predicted octanol–water partition coefficient (Wildman–Crippen LogP) is 3.93. The molecule has 26 heavy (non-hydrogen) atoms. The van der Waals surface area contributed by atoms with Crippen LogP contribution in [-0.4, -0.2) is 36.5 Å². The summed E-state index contributed by atoms with van der Waals surface area (Å²) in [5.41, 5.74) is 2.23. The zero-order valence-electron chi connectivity index (χ0n) is 15.3. The highest BCUT2D eigenvalue weighted by atomic mass is 32.1. The molecule has 2 heterocycles. The number of hydrogen-bond donors (Lipinski definition) is 0. The van der Waals surface area contributed by atoms with Crippen molar-refractivity contribution in [2.24, 2.45) is 0 Å². The maximum atomic E-state index is 12.7. The largest absolute Gasteiger partial charge is 0.493 e. The zero-order chi connectivity index (χ0) is 18.8. The first-order chi connectivity index (χ1) is 12.5. The molecule has 0 aliphatic carbocycles. The van der Waals surface area contributed by atoms with E-state index in [-0.39, 0.29) is 5.78 Å². The topological polar surface area (TPSA) is 62.1 Å². The van der Waals surface area contributed by atoms with E-state index < -0.39 is 0 Å². The fourth-order valence-electron chi connectivity index (χ4n) is 2.76. The van der Waals surface area contributed by atoms with Gasteiger partial charge in [0.05, 0.1) is 32.7 Å². The third kappa shape index (κ3) is 3.17.